The van der Waals surface area contributed by atoms with Crippen molar-refractivity contribution in [1.82, 2.24) is 9.97 Å². The molecule has 2 aromatic heterocycles. The topological polar surface area (TPSA) is 140 Å². The van der Waals surface area contributed by atoms with Gasteiger partial charge in [0.25, 0.3) is 10.0 Å². The number of anilines is 1. The maximum absolute atomic E-state index is 15.1. The number of halogens is 3. The van der Waals surface area contributed by atoms with Crippen molar-refractivity contribution < 1.29 is 22.0 Å². The lowest BCUT2D eigenvalue weighted by molar-refractivity contribution is 0.103. The van der Waals surface area contributed by atoms with Gasteiger partial charge in [0.1, 0.15) is 11.5 Å². The van der Waals surface area contributed by atoms with Crippen LogP contribution in [0.4, 0.5) is 14.5 Å². The SMILES string of the molecule is N=C1C=CC(S(=O)(=O)Nc2ccc(F)c(C(=O)c3c[nH]c4ncc(Cl)cc34)c2F)=CC1=N.S. The Morgan fingerprint density at radius 3 is 2.58 bits per heavy atom. The quantitative estimate of drug-likeness (QED) is 0.304. The number of benzene rings is 1. The van der Waals surface area contributed by atoms with Gasteiger partial charge in [-0.2, -0.15) is 13.5 Å². The predicted octanol–water partition coefficient (Wildman–Crippen LogP) is 4.07. The summed E-state index contributed by atoms with van der Waals surface area (Å²) in [6.45, 7) is 0. The molecular formula is C20H14ClF2N5O3S2. The Balaban J connectivity index is 0.00000306. The largest absolute Gasteiger partial charge is 0.345 e. The van der Waals surface area contributed by atoms with Gasteiger partial charge >= 0.3 is 0 Å². The second-order valence-electron chi connectivity index (χ2n) is 6.68. The monoisotopic (exact) mass is 509 g/mol. The minimum Gasteiger partial charge on any atom is -0.345 e. The third-order valence-corrected chi connectivity index (χ3v) is 6.18. The van der Waals surface area contributed by atoms with Gasteiger partial charge in [-0.15, -0.1) is 0 Å². The summed E-state index contributed by atoms with van der Waals surface area (Å²) in [6, 6.07) is 3.01. The molecule has 4 rings (SSSR count). The molecule has 1 aliphatic carbocycles. The number of ketones is 1. The number of H-pyrrole nitrogens is 1. The first-order valence-corrected chi connectivity index (χ1v) is 10.7. The van der Waals surface area contributed by atoms with Crippen LogP contribution in [0.3, 0.4) is 0 Å². The number of aromatic amines is 1. The van der Waals surface area contributed by atoms with E-state index in [0.29, 0.717) is 0 Å². The molecule has 0 fully saturated rings. The number of carbonyl (C=O) groups excluding carboxylic acids is 1. The molecule has 0 bridgehead atoms. The van der Waals surface area contributed by atoms with Crippen LogP contribution in [0.1, 0.15) is 15.9 Å². The van der Waals surface area contributed by atoms with Crippen molar-refractivity contribution in [2.75, 3.05) is 4.72 Å². The van der Waals surface area contributed by atoms with Crippen LogP contribution in [0.15, 0.2) is 53.7 Å². The van der Waals surface area contributed by atoms with Crippen molar-refractivity contribution >= 4 is 69.0 Å². The highest BCUT2D eigenvalue weighted by molar-refractivity contribution is 7.96. The molecule has 2 heterocycles. The zero-order valence-electron chi connectivity index (χ0n) is 16.3. The molecule has 3 aromatic rings. The van der Waals surface area contributed by atoms with Crippen LogP contribution in [0.25, 0.3) is 11.0 Å². The van der Waals surface area contributed by atoms with E-state index in [0.717, 1.165) is 30.4 Å². The van der Waals surface area contributed by atoms with Crippen molar-refractivity contribution in [2.45, 2.75) is 0 Å². The maximum Gasteiger partial charge on any atom is 0.262 e. The van der Waals surface area contributed by atoms with Crippen molar-refractivity contribution in [1.29, 1.82) is 10.8 Å². The van der Waals surface area contributed by atoms with Crippen molar-refractivity contribution in [3.05, 3.63) is 81.5 Å². The fraction of sp³-hybridized carbons (Fsp3) is 0. The zero-order valence-corrected chi connectivity index (χ0v) is 18.9. The van der Waals surface area contributed by atoms with Crippen molar-refractivity contribution in [3.8, 4) is 0 Å². The van der Waals surface area contributed by atoms with E-state index in [9.17, 15) is 17.6 Å². The number of carbonyl (C=O) groups is 1. The number of hydrogen-bond acceptors (Lipinski definition) is 6. The Labute approximate surface area is 197 Å². The first kappa shape index (κ1) is 24.3. The fourth-order valence-corrected chi connectivity index (χ4v) is 4.28. The number of sulfonamides is 1. The van der Waals surface area contributed by atoms with Gasteiger partial charge in [0.2, 0.25) is 5.78 Å². The molecule has 0 aliphatic heterocycles. The van der Waals surface area contributed by atoms with Crippen molar-refractivity contribution in [3.63, 3.8) is 0 Å². The van der Waals surface area contributed by atoms with Crippen LogP contribution in [0.5, 0.6) is 0 Å². The summed E-state index contributed by atoms with van der Waals surface area (Å²) in [5.74, 6) is -3.64. The van der Waals surface area contributed by atoms with Gasteiger partial charge in [0.15, 0.2) is 5.82 Å². The van der Waals surface area contributed by atoms with E-state index in [-0.39, 0.29) is 46.5 Å². The van der Waals surface area contributed by atoms with Crippen LogP contribution >= 0.6 is 25.1 Å². The third kappa shape index (κ3) is 4.45. The normalized spacial score (nSPS) is 13.6. The zero-order chi connectivity index (χ0) is 23.2. The summed E-state index contributed by atoms with van der Waals surface area (Å²) in [4.78, 5) is 19.3. The Kier molecular flexibility index (Phi) is 6.54. The van der Waals surface area contributed by atoms with Gasteiger partial charge in [0.05, 0.1) is 32.6 Å². The summed E-state index contributed by atoms with van der Waals surface area (Å²) >= 11 is 5.90. The molecule has 0 amide bonds. The van der Waals surface area contributed by atoms with E-state index < -0.39 is 43.6 Å². The highest BCUT2D eigenvalue weighted by Gasteiger charge is 2.27. The number of aromatic nitrogens is 2. The van der Waals surface area contributed by atoms with E-state index in [1.54, 1.807) is 0 Å². The summed E-state index contributed by atoms with van der Waals surface area (Å²) in [6.07, 6.45) is 5.65. The third-order valence-electron chi connectivity index (χ3n) is 4.61. The average Bonchev–Trinajstić information content (AvgIpc) is 3.15. The Hall–Kier alpha value is -3.35. The first-order valence-electron chi connectivity index (χ1n) is 8.84. The molecule has 0 unspecified atom stereocenters. The molecule has 8 nitrogen and oxygen atoms in total. The predicted molar refractivity (Wildman–Crippen MR) is 126 cm³/mol. The smallest absolute Gasteiger partial charge is 0.262 e. The number of pyridine rings is 1. The van der Waals surface area contributed by atoms with Crippen molar-refractivity contribution in [2.24, 2.45) is 0 Å². The molecule has 4 N–H and O–H groups in total. The lowest BCUT2D eigenvalue weighted by atomic mass is 10.0. The van der Waals surface area contributed by atoms with E-state index in [4.69, 9.17) is 22.4 Å². The van der Waals surface area contributed by atoms with Crippen LogP contribution in [-0.4, -0.2) is 35.6 Å². The van der Waals surface area contributed by atoms with E-state index in [2.05, 4.69) is 9.97 Å². The lowest BCUT2D eigenvalue weighted by Crippen LogP contribution is -2.21. The summed E-state index contributed by atoms with van der Waals surface area (Å²) in [7, 11) is -4.39. The minimum absolute atomic E-state index is 0. The van der Waals surface area contributed by atoms with Crippen LogP contribution < -0.4 is 4.72 Å². The van der Waals surface area contributed by atoms with Gasteiger partial charge in [-0.1, -0.05) is 11.6 Å². The molecule has 13 heteroatoms. The lowest BCUT2D eigenvalue weighted by Gasteiger charge is -2.14. The second kappa shape index (κ2) is 8.89. The number of hydrogen-bond donors (Lipinski definition) is 4. The first-order chi connectivity index (χ1) is 15.1. The van der Waals surface area contributed by atoms with E-state index in [1.807, 2.05) is 4.72 Å². The number of fused-ring (bicyclic) bond motifs is 1. The van der Waals surface area contributed by atoms with Gasteiger partial charge < -0.3 is 4.98 Å². The molecule has 170 valence electrons. The number of allylic oxidation sites excluding steroid dienone is 3. The summed E-state index contributed by atoms with van der Waals surface area (Å²) in [5.41, 5.74) is -1.99. The van der Waals surface area contributed by atoms with Gasteiger partial charge in [-0.25, -0.2) is 22.2 Å². The number of nitrogens with zero attached hydrogens (tertiary/aromatic N) is 1. The molecule has 0 saturated heterocycles. The molecule has 1 aromatic carbocycles. The van der Waals surface area contributed by atoms with Gasteiger partial charge in [0, 0.05) is 23.3 Å². The van der Waals surface area contributed by atoms with Gasteiger partial charge in [-0.05, 0) is 36.4 Å². The average molecular weight is 510 g/mol. The molecular weight excluding hydrogens is 496 g/mol. The number of nitrogens with one attached hydrogen (secondary N) is 4. The van der Waals surface area contributed by atoms with E-state index >= 15 is 4.39 Å². The minimum atomic E-state index is -4.39. The molecule has 0 atom stereocenters. The summed E-state index contributed by atoms with van der Waals surface area (Å²) in [5, 5.41) is 15.5. The summed E-state index contributed by atoms with van der Waals surface area (Å²) < 4.78 is 56.8. The standard InChI is InChI=1S/C20H12ClF2N5O3S.H2S/c21-9-5-11-12(8-27-20(11)26-7-9)19(29)17-13(22)2-4-16(18(17)23)28-32(30,31)10-1-3-14(24)15(25)6-10;/h1-8,24-25,28H,(H,26,27);1H2. The highest BCUT2D eigenvalue weighted by atomic mass is 35.5. The molecule has 0 spiro atoms. The van der Waals surface area contributed by atoms with Crippen LogP contribution in [-0.2, 0) is 10.0 Å². The fourth-order valence-electron chi connectivity index (χ4n) is 3.03. The Morgan fingerprint density at radius 2 is 1.88 bits per heavy atom. The Bertz CT molecular complexity index is 1510. The molecule has 1 aliphatic rings. The molecule has 0 radical (unpaired) electrons. The number of rotatable bonds is 5. The van der Waals surface area contributed by atoms with Crippen LogP contribution in [0, 0.1) is 22.5 Å². The maximum atomic E-state index is 15.1. The highest BCUT2D eigenvalue weighted by Crippen LogP contribution is 2.29. The van der Waals surface area contributed by atoms with Crippen LogP contribution in [0.2, 0.25) is 5.02 Å². The molecule has 33 heavy (non-hydrogen) atoms. The Morgan fingerprint density at radius 1 is 1.15 bits per heavy atom. The van der Waals surface area contributed by atoms with E-state index in [1.165, 1.54) is 18.5 Å². The van der Waals surface area contributed by atoms with Gasteiger partial charge in [-0.3, -0.25) is 20.3 Å². The second-order valence-corrected chi connectivity index (χ2v) is 8.80. The molecule has 0 saturated carbocycles.